The van der Waals surface area contributed by atoms with Crippen LogP contribution < -0.4 is 4.90 Å². The van der Waals surface area contributed by atoms with Gasteiger partial charge in [-0.25, -0.2) is 0 Å². The van der Waals surface area contributed by atoms with Crippen LogP contribution in [0.4, 0.5) is 5.69 Å². The van der Waals surface area contributed by atoms with Crippen molar-refractivity contribution >= 4 is 17.6 Å². The topological polar surface area (TPSA) is 55.8 Å². The van der Waals surface area contributed by atoms with E-state index in [9.17, 15) is 9.59 Å². The molecule has 0 bridgehead atoms. The zero-order valence-corrected chi connectivity index (χ0v) is 17.9. The number of esters is 1. The first-order valence-corrected chi connectivity index (χ1v) is 10.1. The lowest BCUT2D eigenvalue weighted by atomic mass is 9.60. The highest BCUT2D eigenvalue weighted by Gasteiger charge is 2.70. The molecule has 5 nitrogen and oxygen atoms in total. The highest BCUT2D eigenvalue weighted by Crippen LogP contribution is 2.58. The molecule has 2 aliphatic rings. The van der Waals surface area contributed by atoms with Gasteiger partial charge in [-0.2, -0.15) is 0 Å². The fraction of sp³-hybridized carbons (Fsp3) is 0.360. The maximum absolute atomic E-state index is 14.0. The van der Waals surface area contributed by atoms with Crippen LogP contribution in [0, 0.1) is 0 Å². The zero-order chi connectivity index (χ0) is 21.7. The van der Waals surface area contributed by atoms with Crippen molar-refractivity contribution in [3.05, 3.63) is 77.9 Å². The molecule has 2 aromatic carbocycles. The van der Waals surface area contributed by atoms with Crippen LogP contribution in [0.1, 0.15) is 38.3 Å². The lowest BCUT2D eigenvalue weighted by Crippen LogP contribution is -2.64. The van der Waals surface area contributed by atoms with Gasteiger partial charge in [0.25, 0.3) is 5.91 Å². The lowest BCUT2D eigenvalue weighted by molar-refractivity contribution is -0.191. The first-order valence-electron chi connectivity index (χ1n) is 10.1. The highest BCUT2D eigenvalue weighted by molar-refractivity contribution is 6.11. The van der Waals surface area contributed by atoms with E-state index in [1.165, 1.54) is 0 Å². The van der Waals surface area contributed by atoms with Gasteiger partial charge in [0, 0.05) is 12.6 Å². The van der Waals surface area contributed by atoms with Gasteiger partial charge in [0.05, 0.1) is 12.3 Å². The number of hydrogen-bond donors (Lipinski definition) is 0. The van der Waals surface area contributed by atoms with E-state index < -0.39 is 22.6 Å². The Morgan fingerprint density at radius 3 is 2.40 bits per heavy atom. The summed E-state index contributed by atoms with van der Waals surface area (Å²) in [5, 5.41) is 0. The molecule has 1 saturated heterocycles. The monoisotopic (exact) mass is 405 g/mol. The highest BCUT2D eigenvalue weighted by atomic mass is 16.6. The van der Waals surface area contributed by atoms with E-state index >= 15 is 0 Å². The fourth-order valence-electron chi connectivity index (χ4n) is 4.69. The molecule has 0 aromatic heterocycles. The van der Waals surface area contributed by atoms with Gasteiger partial charge in [0.2, 0.25) is 0 Å². The summed E-state index contributed by atoms with van der Waals surface area (Å²) in [7, 11) is 1.72. The number of nitrogens with zero attached hydrogens (tertiary/aromatic N) is 1. The summed E-state index contributed by atoms with van der Waals surface area (Å²) >= 11 is 0. The summed E-state index contributed by atoms with van der Waals surface area (Å²) in [6.45, 7) is 9.78. The van der Waals surface area contributed by atoms with Gasteiger partial charge in [0.15, 0.2) is 5.60 Å². The number of benzene rings is 2. The number of para-hydroxylation sites is 1. The first-order chi connectivity index (χ1) is 14.1. The van der Waals surface area contributed by atoms with Crippen LogP contribution in [0.2, 0.25) is 0 Å². The third kappa shape index (κ3) is 2.72. The largest absolute Gasteiger partial charge is 0.459 e. The van der Waals surface area contributed by atoms with Crippen molar-refractivity contribution in [3.8, 4) is 0 Å². The Balaban J connectivity index is 2.07. The average Bonchev–Trinajstić information content (AvgIpc) is 2.92. The van der Waals surface area contributed by atoms with Crippen LogP contribution in [0.25, 0.3) is 0 Å². The van der Waals surface area contributed by atoms with Crippen LogP contribution in [0.5, 0.6) is 0 Å². The van der Waals surface area contributed by atoms with E-state index in [4.69, 9.17) is 9.47 Å². The Labute approximate surface area is 177 Å². The number of carbonyl (C=O) groups is 2. The number of rotatable bonds is 2. The number of anilines is 1. The number of carbonyl (C=O) groups excluding carboxylic acids is 2. The van der Waals surface area contributed by atoms with E-state index in [-0.39, 0.29) is 18.9 Å². The molecule has 0 unspecified atom stereocenters. The first kappa shape index (κ1) is 20.4. The van der Waals surface area contributed by atoms with Crippen molar-refractivity contribution < 1.29 is 19.1 Å². The van der Waals surface area contributed by atoms with E-state index in [1.54, 1.807) is 11.9 Å². The number of fused-ring (bicyclic) bond motifs is 2. The van der Waals surface area contributed by atoms with E-state index in [1.807, 2.05) is 75.4 Å². The SMILES string of the molecule is C=C1CO[C@@]2(C(=O)N(C)c3ccccc32)[C@](C(=O)OC(C)(C)C)(c2ccccc2)C1. The Kier molecular flexibility index (Phi) is 4.62. The number of hydrogen-bond acceptors (Lipinski definition) is 4. The predicted octanol–water partition coefficient (Wildman–Crippen LogP) is 4.11. The van der Waals surface area contributed by atoms with Crippen molar-refractivity contribution in [2.45, 2.75) is 43.8 Å². The number of likely N-dealkylation sites (N-methyl/N-ethyl adjacent to an activating group) is 1. The lowest BCUT2D eigenvalue weighted by Gasteiger charge is -2.49. The second-order valence-electron chi connectivity index (χ2n) is 9.05. The van der Waals surface area contributed by atoms with Gasteiger partial charge < -0.3 is 14.4 Å². The average molecular weight is 405 g/mol. The molecule has 30 heavy (non-hydrogen) atoms. The van der Waals surface area contributed by atoms with Crippen molar-refractivity contribution in [2.75, 3.05) is 18.6 Å². The minimum atomic E-state index is -1.52. The van der Waals surface area contributed by atoms with Crippen molar-refractivity contribution in [1.82, 2.24) is 0 Å². The van der Waals surface area contributed by atoms with Gasteiger partial charge in [-0.05, 0) is 38.8 Å². The second kappa shape index (κ2) is 6.81. The summed E-state index contributed by atoms with van der Waals surface area (Å²) in [5.41, 5.74) is -0.809. The maximum atomic E-state index is 14.0. The summed E-state index contributed by atoms with van der Waals surface area (Å²) in [6, 6.07) is 16.8. The normalized spacial score (nSPS) is 26.1. The van der Waals surface area contributed by atoms with Gasteiger partial charge in [-0.15, -0.1) is 0 Å². The molecular weight excluding hydrogens is 378 g/mol. The Morgan fingerprint density at radius 1 is 1.10 bits per heavy atom. The zero-order valence-electron chi connectivity index (χ0n) is 17.9. The molecule has 1 fully saturated rings. The van der Waals surface area contributed by atoms with Crippen LogP contribution >= 0.6 is 0 Å². The summed E-state index contributed by atoms with van der Waals surface area (Å²) in [6.07, 6.45) is 0.264. The van der Waals surface area contributed by atoms with Crippen molar-refractivity contribution in [2.24, 2.45) is 0 Å². The fourth-order valence-corrected chi connectivity index (χ4v) is 4.69. The van der Waals surface area contributed by atoms with Crippen molar-refractivity contribution in [1.29, 1.82) is 0 Å². The summed E-state index contributed by atoms with van der Waals surface area (Å²) in [5.74, 6) is -0.758. The van der Waals surface area contributed by atoms with E-state index in [0.29, 0.717) is 11.1 Å². The molecule has 156 valence electrons. The molecule has 2 aliphatic heterocycles. The standard InChI is InChI=1S/C25H27NO4/c1-17-15-24(18-11-7-6-8-12-18,22(28)30-23(2,3)4)25(29-16-17)19-13-9-10-14-20(19)26(5)21(25)27/h6-14H,1,15-16H2,2-5H3/t24-,25-/m0/s1. The molecule has 0 saturated carbocycles. The van der Waals surface area contributed by atoms with Crippen LogP contribution in [0.3, 0.4) is 0 Å². The van der Waals surface area contributed by atoms with Gasteiger partial charge in [0.1, 0.15) is 11.0 Å². The molecule has 0 N–H and O–H groups in total. The second-order valence-corrected chi connectivity index (χ2v) is 9.05. The van der Waals surface area contributed by atoms with Gasteiger partial charge in [-0.3, -0.25) is 9.59 Å². The van der Waals surface area contributed by atoms with E-state index in [0.717, 1.165) is 11.3 Å². The molecule has 5 heteroatoms. The number of amides is 1. The smallest absolute Gasteiger partial charge is 0.321 e. The summed E-state index contributed by atoms with van der Waals surface area (Å²) in [4.78, 5) is 29.4. The van der Waals surface area contributed by atoms with Gasteiger partial charge >= 0.3 is 5.97 Å². The minimum Gasteiger partial charge on any atom is -0.459 e. The molecule has 1 spiro atoms. The Bertz CT molecular complexity index is 1020. The predicted molar refractivity (Wildman–Crippen MR) is 115 cm³/mol. The van der Waals surface area contributed by atoms with Crippen LogP contribution in [-0.4, -0.2) is 31.1 Å². The molecule has 4 rings (SSSR count). The third-order valence-electron chi connectivity index (χ3n) is 5.87. The molecule has 2 atom stereocenters. The molecule has 2 aromatic rings. The molecular formula is C25H27NO4. The van der Waals surface area contributed by atoms with Crippen LogP contribution in [-0.2, 0) is 30.1 Å². The maximum Gasteiger partial charge on any atom is 0.321 e. The molecule has 0 aliphatic carbocycles. The molecule has 0 radical (unpaired) electrons. The Morgan fingerprint density at radius 2 is 1.73 bits per heavy atom. The molecule has 2 heterocycles. The quantitative estimate of drug-likeness (QED) is 0.557. The summed E-state index contributed by atoms with van der Waals surface area (Å²) < 4.78 is 12.3. The minimum absolute atomic E-state index is 0.200. The molecule has 1 amide bonds. The number of ether oxygens (including phenoxy) is 2. The van der Waals surface area contributed by atoms with E-state index in [2.05, 4.69) is 6.58 Å². The van der Waals surface area contributed by atoms with Crippen molar-refractivity contribution in [3.63, 3.8) is 0 Å². The Hall–Kier alpha value is -2.92. The third-order valence-corrected chi connectivity index (χ3v) is 5.87. The van der Waals surface area contributed by atoms with Crippen LogP contribution in [0.15, 0.2) is 66.7 Å². The van der Waals surface area contributed by atoms with Gasteiger partial charge in [-0.1, -0.05) is 60.7 Å².